The van der Waals surface area contributed by atoms with Crippen molar-refractivity contribution in [1.29, 1.82) is 0 Å². The first kappa shape index (κ1) is 40.0. The van der Waals surface area contributed by atoms with E-state index in [9.17, 15) is 14.7 Å². The summed E-state index contributed by atoms with van der Waals surface area (Å²) in [5.74, 6) is 0.211. The normalized spacial score (nSPS) is 20.2. The number of hydrogen-bond donors (Lipinski definition) is 1. The molecule has 0 bridgehead atoms. The summed E-state index contributed by atoms with van der Waals surface area (Å²) >= 11 is 6.73. The summed E-state index contributed by atoms with van der Waals surface area (Å²) in [4.78, 5) is 46.3. The number of halogens is 1. The third kappa shape index (κ3) is 7.41. The van der Waals surface area contributed by atoms with Crippen molar-refractivity contribution >= 4 is 42.4 Å². The molecular formula is C45H48ClN3O7Si. The summed E-state index contributed by atoms with van der Waals surface area (Å²) in [5.41, 5.74) is 1.81. The molecule has 1 aromatic heterocycles. The largest absolute Gasteiger partial charge is 0.497 e. The fourth-order valence-electron chi connectivity index (χ4n) is 8.98. The number of fused-ring (bicyclic) bond motifs is 2. The standard InChI is InChI=1S/C45H48ClN3O7Si/c1-30-42(57(4,5)36-19-17-35(54-2)18-20-36)40(27-41(51)47(23-24-50)28-31-11-7-6-8-12-31)56-45(30)37-26-33(46)16-21-38(37)49(44(45)53)29-32-13-9-14-34(25-32)48-22-10-15-39(55-3)43(48)52/h6-22,25-26,30,40,42,50H,23-24,27-29H2,1-5H3/t30-,40+,42-,45+/m1/s1. The number of hydrogen-bond acceptors (Lipinski definition) is 7. The molecule has 12 heteroatoms. The maximum atomic E-state index is 15.4. The maximum absolute atomic E-state index is 15.4. The van der Waals surface area contributed by atoms with Gasteiger partial charge in [-0.3, -0.25) is 19.0 Å². The van der Waals surface area contributed by atoms with Crippen LogP contribution in [0.15, 0.2) is 120 Å². The molecule has 1 N–H and O–H groups in total. The predicted molar refractivity (Wildman–Crippen MR) is 224 cm³/mol. The first-order valence-electron chi connectivity index (χ1n) is 19.1. The second kappa shape index (κ2) is 16.3. The van der Waals surface area contributed by atoms with Crippen LogP contribution in [0.2, 0.25) is 23.7 Å². The third-order valence-corrected chi connectivity index (χ3v) is 16.4. The number of aromatic nitrogens is 1. The van der Waals surface area contributed by atoms with E-state index >= 15 is 4.79 Å². The summed E-state index contributed by atoms with van der Waals surface area (Å²) in [6.07, 6.45) is 1.08. The van der Waals surface area contributed by atoms with E-state index in [4.69, 9.17) is 25.8 Å². The van der Waals surface area contributed by atoms with Crippen LogP contribution in [0.25, 0.3) is 5.69 Å². The molecule has 3 heterocycles. The molecule has 1 saturated heterocycles. The number of methoxy groups -OCH3 is 2. The Bertz CT molecular complexity index is 2320. The Morgan fingerprint density at radius 2 is 1.65 bits per heavy atom. The van der Waals surface area contributed by atoms with Crippen LogP contribution in [0.4, 0.5) is 5.69 Å². The van der Waals surface area contributed by atoms with Gasteiger partial charge in [0.15, 0.2) is 11.4 Å². The van der Waals surface area contributed by atoms with Crippen LogP contribution >= 0.6 is 11.6 Å². The van der Waals surface area contributed by atoms with Crippen LogP contribution in [0.3, 0.4) is 0 Å². The Balaban J connectivity index is 1.29. The predicted octanol–water partition coefficient (Wildman–Crippen LogP) is 6.68. The molecular weight excluding hydrogens is 758 g/mol. The van der Waals surface area contributed by atoms with Crippen LogP contribution in [-0.2, 0) is 33.0 Å². The van der Waals surface area contributed by atoms with Crippen molar-refractivity contribution in [3.63, 3.8) is 0 Å². The highest BCUT2D eigenvalue weighted by atomic mass is 35.5. The van der Waals surface area contributed by atoms with E-state index < -0.39 is 19.8 Å². The fourth-order valence-corrected chi connectivity index (χ4v) is 13.2. The minimum Gasteiger partial charge on any atom is -0.497 e. The van der Waals surface area contributed by atoms with E-state index in [1.807, 2.05) is 78.9 Å². The molecule has 2 amide bonds. The molecule has 4 atom stereocenters. The topological polar surface area (TPSA) is 111 Å². The van der Waals surface area contributed by atoms with E-state index in [0.29, 0.717) is 28.5 Å². The Kier molecular flexibility index (Phi) is 11.5. The third-order valence-electron chi connectivity index (χ3n) is 11.8. The molecule has 1 fully saturated rings. The Hall–Kier alpha value is -5.20. The van der Waals surface area contributed by atoms with Crippen LogP contribution in [0.5, 0.6) is 11.5 Å². The number of carbonyl (C=O) groups is 2. The molecule has 10 nitrogen and oxygen atoms in total. The van der Waals surface area contributed by atoms with Gasteiger partial charge in [-0.25, -0.2) is 0 Å². The van der Waals surface area contributed by atoms with Gasteiger partial charge in [-0.2, -0.15) is 0 Å². The van der Waals surface area contributed by atoms with Gasteiger partial charge >= 0.3 is 0 Å². The summed E-state index contributed by atoms with van der Waals surface area (Å²) in [7, 11) is 0.537. The number of anilines is 1. The second-order valence-corrected chi connectivity index (χ2v) is 20.5. The SMILES string of the molecule is COc1ccc([Si](C)(C)[C@H]2[C@H](CC(=O)N(CCO)Cc3ccccc3)O[C@@]3(C(=O)N(Cc4cccc(-n5cccc(OC)c5=O)c4)c4ccc(Cl)cc43)[C@@H]2C)cc1. The lowest BCUT2D eigenvalue weighted by molar-refractivity contribution is -0.150. The van der Waals surface area contributed by atoms with Crippen molar-refractivity contribution in [1.82, 2.24) is 9.47 Å². The lowest BCUT2D eigenvalue weighted by Gasteiger charge is -2.37. The van der Waals surface area contributed by atoms with Crippen LogP contribution in [0, 0.1) is 5.92 Å². The second-order valence-electron chi connectivity index (χ2n) is 15.4. The van der Waals surface area contributed by atoms with Crippen molar-refractivity contribution in [2.45, 2.75) is 56.8 Å². The summed E-state index contributed by atoms with van der Waals surface area (Å²) in [5, 5.41) is 11.6. The average Bonchev–Trinajstić information content (AvgIpc) is 3.63. The maximum Gasteiger partial charge on any atom is 0.297 e. The Morgan fingerprint density at radius 1 is 0.912 bits per heavy atom. The summed E-state index contributed by atoms with van der Waals surface area (Å²) in [6.45, 7) is 7.13. The van der Waals surface area contributed by atoms with E-state index in [-0.39, 0.29) is 60.7 Å². The first-order chi connectivity index (χ1) is 27.4. The molecule has 5 aromatic rings. The van der Waals surface area contributed by atoms with E-state index in [0.717, 1.165) is 22.1 Å². The zero-order valence-electron chi connectivity index (χ0n) is 32.9. The van der Waals surface area contributed by atoms with Gasteiger partial charge in [0.25, 0.3) is 11.5 Å². The van der Waals surface area contributed by atoms with Gasteiger partial charge < -0.3 is 29.1 Å². The first-order valence-corrected chi connectivity index (χ1v) is 22.6. The number of carbonyl (C=O) groups excluding carboxylic acids is 2. The highest BCUT2D eigenvalue weighted by Crippen LogP contribution is 2.60. The van der Waals surface area contributed by atoms with Gasteiger partial charge in [-0.1, -0.05) is 91.4 Å². The quantitative estimate of drug-likeness (QED) is 0.132. The van der Waals surface area contributed by atoms with Gasteiger partial charge in [0, 0.05) is 41.5 Å². The van der Waals surface area contributed by atoms with E-state index in [1.54, 1.807) is 41.3 Å². The van der Waals surface area contributed by atoms with Crippen molar-refractivity contribution in [3.05, 3.63) is 147 Å². The summed E-state index contributed by atoms with van der Waals surface area (Å²) in [6, 6.07) is 34.1. The van der Waals surface area contributed by atoms with Crippen LogP contribution < -0.4 is 25.1 Å². The molecule has 7 rings (SSSR count). The highest BCUT2D eigenvalue weighted by molar-refractivity contribution is 6.91. The van der Waals surface area contributed by atoms with Crippen molar-refractivity contribution in [2.75, 3.05) is 32.3 Å². The molecule has 4 aromatic carbocycles. The number of pyridine rings is 1. The average molecular weight is 806 g/mol. The zero-order chi connectivity index (χ0) is 40.5. The molecule has 0 radical (unpaired) electrons. The van der Waals surface area contributed by atoms with Gasteiger partial charge in [0.2, 0.25) is 5.91 Å². The fraction of sp³-hybridized carbons (Fsp3) is 0.311. The Labute approximate surface area is 339 Å². The van der Waals surface area contributed by atoms with Gasteiger partial charge in [-0.05, 0) is 71.3 Å². The zero-order valence-corrected chi connectivity index (χ0v) is 34.6. The van der Waals surface area contributed by atoms with Crippen LogP contribution in [-0.4, -0.2) is 67.9 Å². The highest BCUT2D eigenvalue weighted by Gasteiger charge is 2.66. The molecule has 2 aliphatic heterocycles. The molecule has 57 heavy (non-hydrogen) atoms. The van der Waals surface area contributed by atoms with Crippen molar-refractivity contribution in [3.8, 4) is 17.2 Å². The summed E-state index contributed by atoms with van der Waals surface area (Å²) < 4.78 is 19.5. The van der Waals surface area contributed by atoms with Crippen molar-refractivity contribution < 1.29 is 28.9 Å². The molecule has 0 saturated carbocycles. The number of aliphatic hydroxyl groups excluding tert-OH is 1. The van der Waals surface area contributed by atoms with Crippen LogP contribution in [0.1, 0.15) is 30.0 Å². The van der Waals surface area contributed by atoms with E-state index in [1.165, 1.54) is 11.7 Å². The lowest BCUT2D eigenvalue weighted by Crippen LogP contribution is -2.52. The molecule has 0 unspecified atom stereocenters. The lowest BCUT2D eigenvalue weighted by atomic mass is 9.82. The molecule has 2 aliphatic rings. The minimum absolute atomic E-state index is 0.0245. The number of nitrogens with zero attached hydrogens (tertiary/aromatic N) is 3. The smallest absolute Gasteiger partial charge is 0.297 e. The number of ether oxygens (including phenoxy) is 3. The van der Waals surface area contributed by atoms with Gasteiger partial charge in [-0.15, -0.1) is 0 Å². The number of benzene rings is 4. The van der Waals surface area contributed by atoms with E-state index in [2.05, 4.69) is 32.2 Å². The molecule has 0 aliphatic carbocycles. The van der Waals surface area contributed by atoms with Gasteiger partial charge in [0.05, 0.1) is 53.7 Å². The monoisotopic (exact) mass is 805 g/mol. The minimum atomic E-state index is -2.56. The Morgan fingerprint density at radius 3 is 2.35 bits per heavy atom. The van der Waals surface area contributed by atoms with Crippen molar-refractivity contribution in [2.24, 2.45) is 5.92 Å². The molecule has 1 spiro atoms. The number of rotatable bonds is 13. The number of aliphatic hydroxyl groups is 1. The molecule has 296 valence electrons. The number of amides is 2. The van der Waals surface area contributed by atoms with Gasteiger partial charge in [0.1, 0.15) is 5.75 Å².